The van der Waals surface area contributed by atoms with Crippen LogP contribution in [0.5, 0.6) is 0 Å². The van der Waals surface area contributed by atoms with Crippen LogP contribution < -0.4 is 0 Å². The van der Waals surface area contributed by atoms with Gasteiger partial charge in [-0.25, -0.2) is 0 Å². The number of aliphatic hydroxyl groups is 1. The predicted molar refractivity (Wildman–Crippen MR) is 99.0 cm³/mol. The molecule has 2 aliphatic rings. The molecule has 1 saturated heterocycles. The van der Waals surface area contributed by atoms with Crippen molar-refractivity contribution in [3.63, 3.8) is 0 Å². The average molecular weight is 373 g/mol. The zero-order valence-electron chi connectivity index (χ0n) is 14.0. The van der Waals surface area contributed by atoms with Crippen molar-refractivity contribution in [3.05, 3.63) is 34.9 Å². The second-order valence-electron chi connectivity index (χ2n) is 6.80. The molecule has 2 atom stereocenters. The maximum Gasteiger partial charge on any atom is 0.253 e. The maximum absolute atomic E-state index is 12.6. The molecule has 134 valence electrons. The Morgan fingerprint density at radius 3 is 2.42 bits per heavy atom. The average Bonchev–Trinajstić information content (AvgIpc) is 2.97. The van der Waals surface area contributed by atoms with Crippen LogP contribution in [0.2, 0.25) is 5.02 Å². The van der Waals surface area contributed by atoms with Crippen LogP contribution in [0, 0.1) is 0 Å². The number of rotatable bonds is 3. The molecule has 0 aromatic heterocycles. The minimum atomic E-state index is -0.474. The van der Waals surface area contributed by atoms with Crippen molar-refractivity contribution < 1.29 is 9.90 Å². The monoisotopic (exact) mass is 372 g/mol. The highest BCUT2D eigenvalue weighted by Gasteiger charge is 2.39. The molecule has 1 aromatic carbocycles. The summed E-state index contributed by atoms with van der Waals surface area (Å²) in [6, 6.07) is 7.36. The van der Waals surface area contributed by atoms with E-state index in [0.29, 0.717) is 23.2 Å². The van der Waals surface area contributed by atoms with E-state index in [0.717, 1.165) is 6.54 Å². The van der Waals surface area contributed by atoms with Crippen molar-refractivity contribution >= 4 is 29.9 Å². The molecule has 4 nitrogen and oxygen atoms in total. The first-order valence-electron chi connectivity index (χ1n) is 8.51. The molecule has 1 N–H and O–H groups in total. The smallest absolute Gasteiger partial charge is 0.253 e. The largest absolute Gasteiger partial charge is 0.390 e. The van der Waals surface area contributed by atoms with Gasteiger partial charge in [0.2, 0.25) is 0 Å². The number of nitrogens with zero attached hydrogens (tertiary/aromatic N) is 2. The fourth-order valence-corrected chi connectivity index (χ4v) is 4.00. The fraction of sp³-hybridized carbons (Fsp3) is 0.611. The third kappa shape index (κ3) is 4.23. The van der Waals surface area contributed by atoms with E-state index in [1.807, 2.05) is 0 Å². The summed E-state index contributed by atoms with van der Waals surface area (Å²) in [5, 5.41) is 11.1. The molecule has 1 aliphatic heterocycles. The summed E-state index contributed by atoms with van der Waals surface area (Å²) in [5.74, 6) is -0.0591. The molecule has 0 radical (unpaired) electrons. The van der Waals surface area contributed by atoms with E-state index in [1.54, 1.807) is 36.2 Å². The van der Waals surface area contributed by atoms with Crippen molar-refractivity contribution in [2.24, 2.45) is 0 Å². The van der Waals surface area contributed by atoms with Gasteiger partial charge < -0.3 is 10.0 Å². The summed E-state index contributed by atoms with van der Waals surface area (Å²) >= 11 is 5.88. The van der Waals surface area contributed by atoms with E-state index in [2.05, 4.69) is 4.90 Å². The Kier molecular flexibility index (Phi) is 6.93. The molecule has 1 amide bonds. The molecule has 24 heavy (non-hydrogen) atoms. The number of carbonyl (C=O) groups excluding carboxylic acids is 1. The Hall–Kier alpha value is -0.810. The van der Waals surface area contributed by atoms with Crippen LogP contribution in [0.3, 0.4) is 0 Å². The topological polar surface area (TPSA) is 43.8 Å². The Morgan fingerprint density at radius 2 is 1.79 bits per heavy atom. The summed E-state index contributed by atoms with van der Waals surface area (Å²) in [7, 11) is 1.79. The van der Waals surface area contributed by atoms with Crippen LogP contribution in [0.15, 0.2) is 24.3 Å². The van der Waals surface area contributed by atoms with E-state index >= 15 is 0 Å². The molecule has 1 saturated carbocycles. The van der Waals surface area contributed by atoms with Crippen molar-refractivity contribution in [1.82, 2.24) is 9.80 Å². The molecule has 3 rings (SSSR count). The highest BCUT2D eigenvalue weighted by Crippen LogP contribution is 2.27. The van der Waals surface area contributed by atoms with E-state index < -0.39 is 6.10 Å². The van der Waals surface area contributed by atoms with Gasteiger partial charge in [0, 0.05) is 36.8 Å². The van der Waals surface area contributed by atoms with Crippen LogP contribution in [-0.4, -0.2) is 59.1 Å². The second kappa shape index (κ2) is 8.52. The van der Waals surface area contributed by atoms with Crippen LogP contribution in [0.1, 0.15) is 42.5 Å². The molecular formula is C18H26Cl2N2O2. The minimum absolute atomic E-state index is 0. The molecule has 2 unspecified atom stereocenters. The Bertz CT molecular complexity index is 546. The standard InChI is InChI=1S/C18H25ClN2O2.ClH/c1-20(18(23)13-7-9-14(19)10-8-13)16-11-21(12-17(16)22)15-5-3-2-4-6-15;/h7-10,15-17,22H,2-6,11-12H2,1H3;1H. The van der Waals surface area contributed by atoms with Gasteiger partial charge in [-0.1, -0.05) is 30.9 Å². The van der Waals surface area contributed by atoms with Crippen molar-refractivity contribution in [2.75, 3.05) is 20.1 Å². The summed E-state index contributed by atoms with van der Waals surface area (Å²) in [5.41, 5.74) is 0.611. The lowest BCUT2D eigenvalue weighted by Crippen LogP contribution is -2.44. The van der Waals surface area contributed by atoms with Crippen molar-refractivity contribution in [1.29, 1.82) is 0 Å². The molecular weight excluding hydrogens is 347 g/mol. The Balaban J connectivity index is 0.00000208. The highest BCUT2D eigenvalue weighted by molar-refractivity contribution is 6.30. The van der Waals surface area contributed by atoms with Crippen LogP contribution in [0.25, 0.3) is 0 Å². The van der Waals surface area contributed by atoms with Gasteiger partial charge in [-0.05, 0) is 37.1 Å². The maximum atomic E-state index is 12.6. The first kappa shape index (κ1) is 19.5. The van der Waals surface area contributed by atoms with Crippen LogP contribution in [0.4, 0.5) is 0 Å². The first-order chi connectivity index (χ1) is 11.1. The number of hydrogen-bond donors (Lipinski definition) is 1. The predicted octanol–water partition coefficient (Wildman–Crippen LogP) is 3.21. The van der Waals surface area contributed by atoms with Gasteiger partial charge in [0.15, 0.2) is 0 Å². The third-order valence-corrected chi connectivity index (χ3v) is 5.54. The lowest BCUT2D eigenvalue weighted by Gasteiger charge is -2.31. The Morgan fingerprint density at radius 1 is 1.17 bits per heavy atom. The zero-order valence-corrected chi connectivity index (χ0v) is 15.6. The van der Waals surface area contributed by atoms with Crippen molar-refractivity contribution in [3.8, 4) is 0 Å². The van der Waals surface area contributed by atoms with E-state index in [4.69, 9.17) is 11.6 Å². The van der Waals surface area contributed by atoms with Crippen LogP contribution >= 0.6 is 24.0 Å². The van der Waals surface area contributed by atoms with Gasteiger partial charge in [0.25, 0.3) is 5.91 Å². The first-order valence-corrected chi connectivity index (χ1v) is 8.89. The fourth-order valence-electron chi connectivity index (χ4n) is 3.87. The number of amides is 1. The van der Waals surface area contributed by atoms with E-state index in [1.165, 1.54) is 32.1 Å². The molecule has 6 heteroatoms. The van der Waals surface area contributed by atoms with Crippen LogP contribution in [-0.2, 0) is 0 Å². The third-order valence-electron chi connectivity index (χ3n) is 5.29. The molecule has 1 aromatic rings. The molecule has 0 spiro atoms. The van der Waals surface area contributed by atoms with Gasteiger partial charge >= 0.3 is 0 Å². The number of benzene rings is 1. The lowest BCUT2D eigenvalue weighted by molar-refractivity contribution is 0.0581. The van der Waals surface area contributed by atoms with Gasteiger partial charge in [-0.3, -0.25) is 9.69 Å². The summed E-state index contributed by atoms with van der Waals surface area (Å²) in [4.78, 5) is 16.7. The summed E-state index contributed by atoms with van der Waals surface area (Å²) < 4.78 is 0. The van der Waals surface area contributed by atoms with Gasteiger partial charge in [-0.15, -0.1) is 12.4 Å². The normalized spacial score (nSPS) is 25.3. The SMILES string of the molecule is CN(C(=O)c1ccc(Cl)cc1)C1CN(C2CCCCC2)CC1O.Cl. The minimum Gasteiger partial charge on any atom is -0.390 e. The quantitative estimate of drug-likeness (QED) is 0.885. The van der Waals surface area contributed by atoms with E-state index in [-0.39, 0.29) is 24.4 Å². The second-order valence-corrected chi connectivity index (χ2v) is 7.24. The number of carbonyl (C=O) groups is 1. The lowest BCUT2D eigenvalue weighted by atomic mass is 9.94. The number of β-amino-alcohol motifs (C(OH)–C–C–N with tert-alkyl or cyclic N) is 1. The zero-order chi connectivity index (χ0) is 16.4. The molecule has 1 aliphatic carbocycles. The van der Waals surface area contributed by atoms with Gasteiger partial charge in [-0.2, -0.15) is 0 Å². The van der Waals surface area contributed by atoms with Gasteiger partial charge in [0.05, 0.1) is 12.1 Å². The Labute approximate surface area is 155 Å². The number of aliphatic hydroxyl groups excluding tert-OH is 1. The number of likely N-dealkylation sites (tertiary alicyclic amines) is 1. The molecule has 2 fully saturated rings. The summed E-state index contributed by atoms with van der Waals surface area (Å²) in [6.07, 6.45) is 5.84. The van der Waals surface area contributed by atoms with Crippen molar-refractivity contribution in [2.45, 2.75) is 50.3 Å². The number of halogens is 2. The van der Waals surface area contributed by atoms with E-state index in [9.17, 15) is 9.90 Å². The number of hydrogen-bond acceptors (Lipinski definition) is 3. The summed E-state index contributed by atoms with van der Waals surface area (Å²) in [6.45, 7) is 1.44. The van der Waals surface area contributed by atoms with Gasteiger partial charge in [0.1, 0.15) is 0 Å². The molecule has 1 heterocycles. The number of likely N-dealkylation sites (N-methyl/N-ethyl adjacent to an activating group) is 1. The molecule has 0 bridgehead atoms. The highest BCUT2D eigenvalue weighted by atomic mass is 35.5.